The summed E-state index contributed by atoms with van der Waals surface area (Å²) in [6, 6.07) is 0. The molecule has 0 amide bonds. The maximum absolute atomic E-state index is 10.5. The molecule has 0 aliphatic carbocycles. The fourth-order valence-corrected chi connectivity index (χ4v) is 1.64. The molecule has 0 aliphatic heterocycles. The number of carbonyl (C=O) groups excluding carboxylic acids is 8. The van der Waals surface area contributed by atoms with Gasteiger partial charge < -0.3 is 38.1 Å². The van der Waals surface area contributed by atoms with Crippen LogP contribution in [0.25, 0.3) is 0 Å². The van der Waals surface area contributed by atoms with Crippen molar-refractivity contribution in [3.8, 4) is 0 Å². The predicted molar refractivity (Wildman–Crippen MR) is 145 cm³/mol. The molecular weight excluding hydrogens is 620 g/mol. The first-order chi connectivity index (χ1) is 18.7. The van der Waals surface area contributed by atoms with E-state index >= 15 is 0 Å². The largest absolute Gasteiger partial charge is 4.00 e. The molecule has 0 saturated heterocycles. The van der Waals surface area contributed by atoms with Crippen molar-refractivity contribution in [2.45, 2.75) is 81.1 Å². The van der Waals surface area contributed by atoms with E-state index < -0.39 is 23.9 Å². The summed E-state index contributed by atoms with van der Waals surface area (Å²) in [5.74, 6) is -3.29. The summed E-state index contributed by atoms with van der Waals surface area (Å²) in [6.45, 7) is 14.3. The predicted octanol–water partition coefficient (Wildman–Crippen LogP) is 2.93. The molecule has 0 spiro atoms. The molecule has 0 saturated carbocycles. The molecule has 0 radical (unpaired) electrons. The summed E-state index contributed by atoms with van der Waals surface area (Å²) in [5.41, 5.74) is 0. The van der Waals surface area contributed by atoms with Crippen LogP contribution in [-0.2, 0) is 83.5 Å². The van der Waals surface area contributed by atoms with Crippen molar-refractivity contribution in [2.75, 3.05) is 26.4 Å². The molecule has 41 heavy (non-hydrogen) atoms. The molecule has 0 bridgehead atoms. The summed E-state index contributed by atoms with van der Waals surface area (Å²) in [4.78, 5) is 83.1. The van der Waals surface area contributed by atoms with Gasteiger partial charge in [0.25, 0.3) is 0 Å². The molecule has 0 aliphatic rings. The molecule has 12 nitrogen and oxygen atoms in total. The van der Waals surface area contributed by atoms with Gasteiger partial charge in [0, 0.05) is 23.1 Å². The molecule has 0 aromatic heterocycles. The van der Waals surface area contributed by atoms with Crippen molar-refractivity contribution in [1.82, 2.24) is 0 Å². The van der Waals surface area contributed by atoms with Crippen LogP contribution in [0.15, 0.2) is 0 Å². The summed E-state index contributed by atoms with van der Waals surface area (Å²) in [7, 11) is 0. The number of Topliss-reactive ketones (excluding diaryl/α,β-unsaturated/α-hetero) is 4. The molecule has 0 N–H and O–H groups in total. The molecule has 0 fully saturated rings. The Morgan fingerprint density at radius 2 is 0.537 bits per heavy atom. The van der Waals surface area contributed by atoms with Crippen molar-refractivity contribution in [2.24, 2.45) is 0 Å². The number of hydrogen-bond acceptors (Lipinski definition) is 12. The number of hydrogen-bond donors (Lipinski definition) is 0. The second-order valence-corrected chi connectivity index (χ2v) is 7.69. The SMILES string of the molecule is CCCOC(=O)[CH-]C(C)=O.CCCOC(=O)[CH-]C(C)=O.CCCOC(=O)[CH-]C(C)=O.CCCOC(=O)[CH-]C(C)=O.[Zr+4]. The zero-order valence-electron chi connectivity index (χ0n) is 25.4. The monoisotopic (exact) mass is 662 g/mol. The maximum atomic E-state index is 10.5. The van der Waals surface area contributed by atoms with Crippen LogP contribution in [0.5, 0.6) is 0 Å². The molecule has 0 rings (SSSR count). The van der Waals surface area contributed by atoms with Gasteiger partial charge in [-0.25, -0.2) is 25.7 Å². The Morgan fingerprint density at radius 3 is 0.634 bits per heavy atom. The molecule has 0 aromatic rings. The number of esters is 4. The maximum Gasteiger partial charge on any atom is 4.00 e. The van der Waals surface area contributed by atoms with Gasteiger partial charge in [0.15, 0.2) is 23.9 Å². The summed E-state index contributed by atoms with van der Waals surface area (Å²) >= 11 is 0. The Balaban J connectivity index is -0.000000139. The first-order valence-electron chi connectivity index (χ1n) is 12.7. The van der Waals surface area contributed by atoms with E-state index in [9.17, 15) is 38.4 Å². The minimum absolute atomic E-state index is 0. The van der Waals surface area contributed by atoms with Crippen molar-refractivity contribution in [3.63, 3.8) is 0 Å². The molecule has 13 heteroatoms. The van der Waals surface area contributed by atoms with Gasteiger partial charge in [-0.05, 0) is 53.4 Å². The van der Waals surface area contributed by atoms with Gasteiger partial charge in [-0.3, -0.25) is 19.2 Å². The van der Waals surface area contributed by atoms with E-state index in [0.717, 1.165) is 51.4 Å². The van der Waals surface area contributed by atoms with Gasteiger partial charge in [-0.15, -0.1) is 0 Å². The molecular formula is C28H44O12Zr. The van der Waals surface area contributed by atoms with Crippen LogP contribution in [0.4, 0.5) is 0 Å². The number of ketones is 4. The molecule has 0 heterocycles. The van der Waals surface area contributed by atoms with Crippen LogP contribution in [0.2, 0.25) is 0 Å². The van der Waals surface area contributed by atoms with E-state index in [2.05, 4.69) is 18.9 Å². The van der Waals surface area contributed by atoms with E-state index in [-0.39, 0.29) is 49.3 Å². The second-order valence-electron chi connectivity index (χ2n) is 7.69. The average molecular weight is 664 g/mol. The Labute approximate surface area is 263 Å². The number of carbonyl (C=O) groups is 8. The van der Waals surface area contributed by atoms with E-state index in [1.54, 1.807) is 0 Å². The number of ether oxygens (including phenoxy) is 4. The molecule has 0 atom stereocenters. The van der Waals surface area contributed by atoms with Crippen molar-refractivity contribution in [3.05, 3.63) is 25.7 Å². The van der Waals surface area contributed by atoms with Crippen molar-refractivity contribution >= 4 is 47.0 Å². The van der Waals surface area contributed by atoms with Gasteiger partial charge in [0.05, 0.1) is 26.4 Å². The van der Waals surface area contributed by atoms with Crippen molar-refractivity contribution < 1.29 is 83.5 Å². The van der Waals surface area contributed by atoms with Crippen molar-refractivity contribution in [1.29, 1.82) is 0 Å². The normalized spacial score (nSPS) is 8.39. The van der Waals surface area contributed by atoms with E-state index in [0.29, 0.717) is 26.4 Å². The summed E-state index contributed by atoms with van der Waals surface area (Å²) in [6.07, 6.45) is 6.86. The smallest absolute Gasteiger partial charge is 0.488 e. The fourth-order valence-electron chi connectivity index (χ4n) is 1.64. The first kappa shape index (κ1) is 47.7. The van der Waals surface area contributed by atoms with Gasteiger partial charge >= 0.3 is 26.2 Å². The third-order valence-corrected chi connectivity index (χ3v) is 3.08. The van der Waals surface area contributed by atoms with Gasteiger partial charge in [-0.2, -0.15) is 0 Å². The van der Waals surface area contributed by atoms with E-state index in [1.807, 2.05) is 27.7 Å². The Hall–Kier alpha value is -3.08. The van der Waals surface area contributed by atoms with Crippen LogP contribution in [-0.4, -0.2) is 73.4 Å². The molecule has 0 unspecified atom stereocenters. The average Bonchev–Trinajstić information content (AvgIpc) is 2.83. The number of rotatable bonds is 16. The zero-order chi connectivity index (χ0) is 31.9. The second kappa shape index (κ2) is 35.0. The minimum Gasteiger partial charge on any atom is -0.488 e. The summed E-state index contributed by atoms with van der Waals surface area (Å²) < 4.78 is 18.3. The summed E-state index contributed by atoms with van der Waals surface area (Å²) in [5, 5.41) is 0. The molecule has 0 aromatic carbocycles. The van der Waals surface area contributed by atoms with Gasteiger partial charge in [0.1, 0.15) is 0 Å². The zero-order valence-corrected chi connectivity index (χ0v) is 27.8. The topological polar surface area (TPSA) is 173 Å². The van der Waals surface area contributed by atoms with E-state index in [1.165, 1.54) is 27.7 Å². The van der Waals surface area contributed by atoms with Crippen LogP contribution in [0, 0.1) is 25.7 Å². The third kappa shape index (κ3) is 53.8. The fraction of sp³-hybridized carbons (Fsp3) is 0.571. The van der Waals surface area contributed by atoms with Gasteiger partial charge in [0.2, 0.25) is 0 Å². The standard InChI is InChI=1S/4C7H11O3.Zr/c4*1-3-4-10-7(9)5-6(2)8;/h4*5H,3-4H2,1-2H3;/q4*-1;+4. The van der Waals surface area contributed by atoms with Crippen LogP contribution >= 0.6 is 0 Å². The van der Waals surface area contributed by atoms with Crippen LogP contribution in [0.3, 0.4) is 0 Å². The minimum atomic E-state index is -0.547. The Morgan fingerprint density at radius 1 is 0.390 bits per heavy atom. The quantitative estimate of drug-likeness (QED) is 0.102. The van der Waals surface area contributed by atoms with Crippen LogP contribution in [0.1, 0.15) is 81.1 Å². The van der Waals surface area contributed by atoms with Gasteiger partial charge in [-0.1, -0.05) is 27.7 Å². The molecule has 232 valence electrons. The van der Waals surface area contributed by atoms with E-state index in [4.69, 9.17) is 0 Å². The third-order valence-electron chi connectivity index (χ3n) is 3.08. The van der Waals surface area contributed by atoms with Crippen LogP contribution < -0.4 is 0 Å². The Kier molecular flexibility index (Phi) is 40.7. The Bertz CT molecular complexity index is 650. The first-order valence-corrected chi connectivity index (χ1v) is 12.7.